The van der Waals surface area contributed by atoms with E-state index >= 15 is 0 Å². The quantitative estimate of drug-likeness (QED) is 0.492. The number of ketones is 1. The summed E-state index contributed by atoms with van der Waals surface area (Å²) in [5.41, 5.74) is -0.842. The van der Waals surface area contributed by atoms with Crippen LogP contribution >= 0.6 is 0 Å². The number of carbonyl (C=O) groups excluding carboxylic acids is 1. The van der Waals surface area contributed by atoms with E-state index in [9.17, 15) is 31.2 Å². The number of hydrogen-bond donors (Lipinski definition) is 0. The average molecular weight is 491 g/mol. The van der Waals surface area contributed by atoms with Gasteiger partial charge in [-0.15, -0.1) is 0 Å². The van der Waals surface area contributed by atoms with Crippen LogP contribution in [-0.2, 0) is 22.7 Å². The summed E-state index contributed by atoms with van der Waals surface area (Å²) < 4.78 is 66.6. The lowest BCUT2D eigenvalue weighted by Gasteiger charge is -2.16. The summed E-state index contributed by atoms with van der Waals surface area (Å²) in [6.45, 7) is 0.435. The van der Waals surface area contributed by atoms with Gasteiger partial charge in [-0.05, 0) is 31.0 Å². The number of Topliss-reactive ketones (excluding diaryl/α,β-unsaturated/α-hetero) is 1. The lowest BCUT2D eigenvalue weighted by Crippen LogP contribution is -2.30. The molecule has 0 radical (unpaired) electrons. The molecule has 1 aliphatic rings. The number of benzene rings is 1. The predicted molar refractivity (Wildman–Crippen MR) is 118 cm³/mol. The fraction of sp³-hybridized carbons (Fsp3) is 0.261. The van der Waals surface area contributed by atoms with Gasteiger partial charge in [0.05, 0.1) is 17.1 Å². The van der Waals surface area contributed by atoms with Crippen molar-refractivity contribution in [2.24, 2.45) is 0 Å². The van der Waals surface area contributed by atoms with Crippen molar-refractivity contribution in [2.75, 3.05) is 13.1 Å². The third-order valence-electron chi connectivity index (χ3n) is 5.52. The second-order valence-corrected chi connectivity index (χ2v) is 9.79. The Morgan fingerprint density at radius 2 is 1.65 bits per heavy atom. The van der Waals surface area contributed by atoms with Crippen LogP contribution in [0.4, 0.5) is 13.2 Å². The third-order valence-corrected chi connectivity index (χ3v) is 7.40. The molecule has 0 aliphatic carbocycles. The van der Waals surface area contributed by atoms with Gasteiger partial charge < -0.3 is 4.57 Å². The normalized spacial score (nSPS) is 14.9. The first kappa shape index (κ1) is 23.8. The van der Waals surface area contributed by atoms with Crippen LogP contribution < -0.4 is 5.56 Å². The molecular weight excluding hydrogens is 471 g/mol. The molecule has 0 unspecified atom stereocenters. The molecule has 1 fully saturated rings. The van der Waals surface area contributed by atoms with Gasteiger partial charge in [-0.1, -0.05) is 30.3 Å². The van der Waals surface area contributed by atoms with Gasteiger partial charge in [0, 0.05) is 36.5 Å². The number of rotatable bonds is 6. The average Bonchev–Trinajstić information content (AvgIpc) is 3.36. The molecule has 7 nitrogen and oxygen atoms in total. The first-order chi connectivity index (χ1) is 16.1. The molecular formula is C23H20F3N3O4S. The molecule has 178 valence electrons. The number of aromatic nitrogens is 2. The van der Waals surface area contributed by atoms with Crippen molar-refractivity contribution in [2.45, 2.75) is 30.5 Å². The summed E-state index contributed by atoms with van der Waals surface area (Å²) in [6, 6.07) is 11.7. The van der Waals surface area contributed by atoms with Crippen LogP contribution in [0, 0.1) is 0 Å². The molecule has 0 bridgehead atoms. The standard InChI is InChI=1S/C23H20F3N3O4S/c24-23(25,26)21-5-3-4-19(27-21)16-6-8-17(9-7-16)20(30)15-28-14-18(10-11-22(28)31)34(32,33)29-12-1-2-13-29/h3-11,14H,1-2,12-13,15H2. The van der Waals surface area contributed by atoms with Gasteiger partial charge in [-0.25, -0.2) is 13.4 Å². The van der Waals surface area contributed by atoms with Crippen LogP contribution in [0.25, 0.3) is 11.3 Å². The zero-order chi connectivity index (χ0) is 24.5. The highest BCUT2D eigenvalue weighted by atomic mass is 32.2. The van der Waals surface area contributed by atoms with Gasteiger partial charge in [0.2, 0.25) is 10.0 Å². The number of pyridine rings is 2. The molecule has 0 spiro atoms. The van der Waals surface area contributed by atoms with E-state index in [0.29, 0.717) is 18.7 Å². The second kappa shape index (κ2) is 9.15. The van der Waals surface area contributed by atoms with E-state index in [1.807, 2.05) is 0 Å². The van der Waals surface area contributed by atoms with E-state index in [1.54, 1.807) is 0 Å². The van der Waals surface area contributed by atoms with Crippen molar-refractivity contribution in [3.63, 3.8) is 0 Å². The van der Waals surface area contributed by atoms with Crippen LogP contribution in [-0.4, -0.2) is 41.1 Å². The minimum absolute atomic E-state index is 0.0623. The zero-order valence-corrected chi connectivity index (χ0v) is 18.6. The summed E-state index contributed by atoms with van der Waals surface area (Å²) in [4.78, 5) is 28.5. The smallest absolute Gasteiger partial charge is 0.306 e. The van der Waals surface area contributed by atoms with Gasteiger partial charge >= 0.3 is 6.18 Å². The van der Waals surface area contributed by atoms with Crippen LogP contribution in [0.15, 0.2) is 70.5 Å². The fourth-order valence-electron chi connectivity index (χ4n) is 3.69. The summed E-state index contributed by atoms with van der Waals surface area (Å²) in [7, 11) is -3.75. The molecule has 1 saturated heterocycles. The van der Waals surface area contributed by atoms with E-state index in [1.165, 1.54) is 46.8 Å². The molecule has 0 saturated carbocycles. The van der Waals surface area contributed by atoms with Crippen molar-refractivity contribution < 1.29 is 26.4 Å². The number of alkyl halides is 3. The summed E-state index contributed by atoms with van der Waals surface area (Å²) >= 11 is 0. The summed E-state index contributed by atoms with van der Waals surface area (Å²) in [5.74, 6) is -0.457. The molecule has 0 N–H and O–H groups in total. The molecule has 2 aromatic heterocycles. The number of hydrogen-bond acceptors (Lipinski definition) is 5. The maximum absolute atomic E-state index is 12.9. The maximum atomic E-state index is 12.9. The highest BCUT2D eigenvalue weighted by Gasteiger charge is 2.32. The minimum atomic E-state index is -4.57. The third kappa shape index (κ3) is 4.95. The van der Waals surface area contributed by atoms with Crippen LogP contribution in [0.2, 0.25) is 0 Å². The van der Waals surface area contributed by atoms with Crippen molar-refractivity contribution in [3.8, 4) is 11.3 Å². The lowest BCUT2D eigenvalue weighted by molar-refractivity contribution is -0.141. The topological polar surface area (TPSA) is 89.3 Å². The Hall–Kier alpha value is -3.31. The van der Waals surface area contributed by atoms with Gasteiger partial charge in [-0.2, -0.15) is 17.5 Å². The molecule has 0 amide bonds. The largest absolute Gasteiger partial charge is 0.433 e. The van der Waals surface area contributed by atoms with E-state index in [2.05, 4.69) is 4.98 Å². The van der Waals surface area contributed by atoms with Crippen LogP contribution in [0.1, 0.15) is 28.9 Å². The maximum Gasteiger partial charge on any atom is 0.433 e. The predicted octanol–water partition coefficient (Wildman–Crippen LogP) is 3.60. The Balaban J connectivity index is 1.54. The second-order valence-electron chi connectivity index (χ2n) is 7.85. The number of halogens is 3. The van der Waals surface area contributed by atoms with Crippen LogP contribution in [0.5, 0.6) is 0 Å². The highest BCUT2D eigenvalue weighted by molar-refractivity contribution is 7.89. The van der Waals surface area contributed by atoms with Crippen molar-refractivity contribution >= 4 is 15.8 Å². The molecule has 0 atom stereocenters. The molecule has 1 aliphatic heterocycles. The van der Waals surface area contributed by atoms with Gasteiger partial charge in [0.15, 0.2) is 5.78 Å². The van der Waals surface area contributed by atoms with E-state index in [4.69, 9.17) is 0 Å². The lowest BCUT2D eigenvalue weighted by atomic mass is 10.1. The Labute approximate surface area is 193 Å². The number of nitrogens with zero attached hydrogens (tertiary/aromatic N) is 3. The monoisotopic (exact) mass is 491 g/mol. The van der Waals surface area contributed by atoms with Crippen molar-refractivity contribution in [3.05, 3.63) is 82.4 Å². The van der Waals surface area contributed by atoms with E-state index in [0.717, 1.165) is 35.7 Å². The Kier molecular flexibility index (Phi) is 6.41. The highest BCUT2D eigenvalue weighted by Crippen LogP contribution is 2.29. The van der Waals surface area contributed by atoms with E-state index < -0.39 is 33.2 Å². The molecule has 3 aromatic rings. The summed E-state index contributed by atoms with van der Waals surface area (Å²) in [5, 5.41) is 0. The number of carbonyl (C=O) groups is 1. The van der Waals surface area contributed by atoms with Crippen LogP contribution in [0.3, 0.4) is 0 Å². The molecule has 34 heavy (non-hydrogen) atoms. The molecule has 1 aromatic carbocycles. The molecule has 3 heterocycles. The Bertz CT molecular complexity index is 1380. The first-order valence-corrected chi connectivity index (χ1v) is 11.9. The summed E-state index contributed by atoms with van der Waals surface area (Å²) in [6.07, 6.45) is -1.88. The zero-order valence-electron chi connectivity index (χ0n) is 17.8. The SMILES string of the molecule is O=C(Cn1cc(S(=O)(=O)N2CCCC2)ccc1=O)c1ccc(-c2cccc(C(F)(F)F)n2)cc1. The van der Waals surface area contributed by atoms with Crippen molar-refractivity contribution in [1.29, 1.82) is 0 Å². The molecule has 11 heteroatoms. The van der Waals surface area contributed by atoms with E-state index in [-0.39, 0.29) is 22.7 Å². The fourth-order valence-corrected chi connectivity index (χ4v) is 5.23. The number of sulfonamides is 1. The first-order valence-electron chi connectivity index (χ1n) is 10.4. The van der Waals surface area contributed by atoms with Crippen molar-refractivity contribution in [1.82, 2.24) is 13.9 Å². The minimum Gasteiger partial charge on any atom is -0.306 e. The van der Waals surface area contributed by atoms with Gasteiger partial charge in [-0.3, -0.25) is 9.59 Å². The van der Waals surface area contributed by atoms with Gasteiger partial charge in [0.25, 0.3) is 5.56 Å². The Morgan fingerprint density at radius 1 is 0.971 bits per heavy atom. The van der Waals surface area contributed by atoms with Gasteiger partial charge in [0.1, 0.15) is 5.69 Å². The molecule has 4 rings (SSSR count). The Morgan fingerprint density at radius 3 is 2.29 bits per heavy atom.